The van der Waals surface area contributed by atoms with E-state index in [1.807, 2.05) is 30.5 Å². The highest BCUT2D eigenvalue weighted by atomic mass is 32.1. The number of hydrogen-bond acceptors (Lipinski definition) is 5. The quantitative estimate of drug-likeness (QED) is 0.644. The van der Waals surface area contributed by atoms with Crippen molar-refractivity contribution in [3.05, 3.63) is 76.7 Å². The van der Waals surface area contributed by atoms with Crippen LogP contribution in [0.1, 0.15) is 22.8 Å². The van der Waals surface area contributed by atoms with E-state index in [2.05, 4.69) is 27.8 Å². The number of carbonyl (C=O) groups is 2. The molecule has 4 rings (SSSR count). The van der Waals surface area contributed by atoms with Gasteiger partial charge in [0.05, 0.1) is 13.2 Å². The highest BCUT2D eigenvalue weighted by Gasteiger charge is 2.45. The molecule has 6 nitrogen and oxygen atoms in total. The molecule has 0 bridgehead atoms. The summed E-state index contributed by atoms with van der Waals surface area (Å²) in [5.41, 5.74) is 2.62. The molecule has 1 fully saturated rings. The minimum atomic E-state index is -1.15. The van der Waals surface area contributed by atoms with Crippen molar-refractivity contribution in [2.24, 2.45) is 0 Å². The van der Waals surface area contributed by atoms with Gasteiger partial charge in [0.15, 0.2) is 5.60 Å². The van der Waals surface area contributed by atoms with Gasteiger partial charge in [0, 0.05) is 37.5 Å². The first-order valence-corrected chi connectivity index (χ1v) is 11.3. The van der Waals surface area contributed by atoms with Crippen molar-refractivity contribution in [3.8, 4) is 11.1 Å². The maximum absolute atomic E-state index is 13.2. The Balaban J connectivity index is 1.67. The summed E-state index contributed by atoms with van der Waals surface area (Å²) in [6.07, 6.45) is 3.58. The number of morpholine rings is 1. The van der Waals surface area contributed by atoms with Gasteiger partial charge in [-0.25, -0.2) is 0 Å². The number of nitrogens with one attached hydrogen (secondary N) is 1. The number of ether oxygens (including phenoxy) is 1. The molecule has 1 saturated heterocycles. The zero-order valence-electron chi connectivity index (χ0n) is 17.4. The maximum Gasteiger partial charge on any atom is 0.254 e. The lowest BCUT2D eigenvalue weighted by Crippen LogP contribution is -2.62. The second-order valence-electron chi connectivity index (χ2n) is 7.51. The van der Waals surface area contributed by atoms with Gasteiger partial charge in [0.1, 0.15) is 0 Å². The highest BCUT2D eigenvalue weighted by Crippen LogP contribution is 2.31. The van der Waals surface area contributed by atoms with E-state index in [4.69, 9.17) is 4.74 Å². The van der Waals surface area contributed by atoms with Crippen LogP contribution in [0.25, 0.3) is 11.1 Å². The number of rotatable bonds is 6. The average molecular weight is 436 g/mol. The number of likely N-dealkylation sites (N-methyl/N-ethyl adjacent to an activating group) is 1. The molecule has 2 amide bonds. The fourth-order valence-electron chi connectivity index (χ4n) is 3.96. The lowest BCUT2D eigenvalue weighted by atomic mass is 9.87. The van der Waals surface area contributed by atoms with Gasteiger partial charge in [-0.05, 0) is 52.6 Å². The molecule has 160 valence electrons. The first-order valence-electron chi connectivity index (χ1n) is 10.3. The molecule has 1 aromatic carbocycles. The molecule has 1 N–H and O–H groups in total. The lowest BCUT2D eigenvalue weighted by Gasteiger charge is -2.42. The van der Waals surface area contributed by atoms with Gasteiger partial charge in [-0.3, -0.25) is 14.6 Å². The molecule has 0 unspecified atom stereocenters. The van der Waals surface area contributed by atoms with Gasteiger partial charge in [-0.15, -0.1) is 0 Å². The van der Waals surface area contributed by atoms with Crippen LogP contribution in [0.15, 0.2) is 65.6 Å². The molecule has 1 aliphatic heterocycles. The molecule has 3 aromatic rings. The van der Waals surface area contributed by atoms with Gasteiger partial charge in [0.25, 0.3) is 11.8 Å². The third-order valence-corrected chi connectivity index (χ3v) is 6.16. The molecular weight excluding hydrogens is 410 g/mol. The number of aromatic nitrogens is 1. The topological polar surface area (TPSA) is 71.5 Å². The second kappa shape index (κ2) is 9.41. The minimum Gasteiger partial charge on any atom is -0.361 e. The smallest absolute Gasteiger partial charge is 0.254 e. The molecule has 0 radical (unpaired) electrons. The number of nitrogens with zero attached hydrogens (tertiary/aromatic N) is 2. The van der Waals surface area contributed by atoms with Gasteiger partial charge in [-0.1, -0.05) is 24.3 Å². The van der Waals surface area contributed by atoms with Crippen LogP contribution in [0.2, 0.25) is 0 Å². The Morgan fingerprint density at radius 2 is 2.00 bits per heavy atom. The van der Waals surface area contributed by atoms with E-state index in [-0.39, 0.29) is 18.4 Å². The number of hydrogen-bond donors (Lipinski definition) is 1. The Hall–Kier alpha value is -3.03. The Kier molecular flexibility index (Phi) is 6.44. The fourth-order valence-corrected chi connectivity index (χ4v) is 4.62. The van der Waals surface area contributed by atoms with E-state index >= 15 is 0 Å². The van der Waals surface area contributed by atoms with Crippen LogP contribution in [-0.2, 0) is 16.0 Å². The van der Waals surface area contributed by atoms with Gasteiger partial charge in [0.2, 0.25) is 0 Å². The number of benzene rings is 1. The number of pyridine rings is 1. The van der Waals surface area contributed by atoms with Crippen molar-refractivity contribution >= 4 is 23.2 Å². The second-order valence-corrected chi connectivity index (χ2v) is 8.29. The van der Waals surface area contributed by atoms with E-state index in [9.17, 15) is 9.59 Å². The Morgan fingerprint density at radius 1 is 1.19 bits per heavy atom. The summed E-state index contributed by atoms with van der Waals surface area (Å²) in [7, 11) is 0. The molecule has 0 saturated carbocycles. The van der Waals surface area contributed by atoms with E-state index < -0.39 is 5.60 Å². The summed E-state index contributed by atoms with van der Waals surface area (Å²) in [4.78, 5) is 32.0. The Labute approximate surface area is 185 Å². The Bertz CT molecular complexity index is 1040. The van der Waals surface area contributed by atoms with Gasteiger partial charge < -0.3 is 15.0 Å². The third kappa shape index (κ3) is 4.52. The van der Waals surface area contributed by atoms with Crippen molar-refractivity contribution in [3.63, 3.8) is 0 Å². The first-order chi connectivity index (χ1) is 15.1. The van der Waals surface area contributed by atoms with Crippen molar-refractivity contribution in [1.82, 2.24) is 15.2 Å². The van der Waals surface area contributed by atoms with Crippen molar-refractivity contribution in [2.75, 3.05) is 26.2 Å². The average Bonchev–Trinajstić information content (AvgIpc) is 3.35. The summed E-state index contributed by atoms with van der Waals surface area (Å²) in [5.74, 6) is -0.312. The Morgan fingerprint density at radius 3 is 2.74 bits per heavy atom. The molecule has 3 heterocycles. The molecule has 31 heavy (non-hydrogen) atoms. The van der Waals surface area contributed by atoms with Crippen LogP contribution in [0.5, 0.6) is 0 Å². The summed E-state index contributed by atoms with van der Waals surface area (Å²) >= 11 is 1.64. The number of amides is 2. The summed E-state index contributed by atoms with van der Waals surface area (Å²) in [5, 5.41) is 7.06. The summed E-state index contributed by atoms with van der Waals surface area (Å²) < 4.78 is 6.16. The maximum atomic E-state index is 13.2. The van der Waals surface area contributed by atoms with Crippen molar-refractivity contribution in [1.29, 1.82) is 0 Å². The minimum absolute atomic E-state index is 0.120. The molecule has 1 aliphatic rings. The van der Waals surface area contributed by atoms with Gasteiger partial charge >= 0.3 is 0 Å². The van der Waals surface area contributed by atoms with Crippen LogP contribution in [0.3, 0.4) is 0 Å². The molecule has 0 spiro atoms. The van der Waals surface area contributed by atoms with Crippen molar-refractivity contribution in [2.45, 2.75) is 18.9 Å². The molecule has 2 aromatic heterocycles. The summed E-state index contributed by atoms with van der Waals surface area (Å²) in [6, 6.07) is 13.5. The first kappa shape index (κ1) is 21.2. The van der Waals surface area contributed by atoms with E-state index in [0.29, 0.717) is 31.7 Å². The van der Waals surface area contributed by atoms with E-state index in [0.717, 1.165) is 16.7 Å². The largest absolute Gasteiger partial charge is 0.361 e. The number of carbonyl (C=O) groups excluding carboxylic acids is 2. The fraction of sp³-hybridized carbons (Fsp3) is 0.292. The van der Waals surface area contributed by atoms with Crippen LogP contribution in [0, 0.1) is 0 Å². The van der Waals surface area contributed by atoms with Crippen molar-refractivity contribution < 1.29 is 14.3 Å². The molecule has 1 atom stereocenters. The zero-order valence-corrected chi connectivity index (χ0v) is 18.2. The zero-order chi connectivity index (χ0) is 21.7. The van der Waals surface area contributed by atoms with Crippen LogP contribution in [-0.4, -0.2) is 53.5 Å². The number of thiophene rings is 1. The molecule has 0 aliphatic carbocycles. The normalized spacial score (nSPS) is 18.5. The van der Waals surface area contributed by atoms with Crippen LogP contribution in [0.4, 0.5) is 0 Å². The van der Waals surface area contributed by atoms with E-state index in [1.54, 1.807) is 40.8 Å². The molecule has 7 heteroatoms. The predicted molar refractivity (Wildman–Crippen MR) is 121 cm³/mol. The van der Waals surface area contributed by atoms with Crippen LogP contribution >= 0.6 is 11.3 Å². The van der Waals surface area contributed by atoms with E-state index in [1.165, 1.54) is 0 Å². The predicted octanol–water partition coefficient (Wildman–Crippen LogP) is 3.40. The third-order valence-electron chi connectivity index (χ3n) is 5.48. The molecular formula is C24H25N3O3S. The van der Waals surface area contributed by atoms with Gasteiger partial charge in [-0.2, -0.15) is 11.3 Å². The standard InChI is InChI=1S/C24H25N3O3S/c1-2-26-23(29)24(15-19-5-3-4-6-21(19)20-9-14-31-16-20)17-27(12-13-30-24)22(28)18-7-10-25-11-8-18/h3-11,14,16H,2,12-13,15,17H2,1H3,(H,26,29)/t24-/m1/s1. The highest BCUT2D eigenvalue weighted by molar-refractivity contribution is 7.08. The SMILES string of the molecule is CCNC(=O)[C@@]1(Cc2ccccc2-c2ccsc2)CN(C(=O)c2ccncc2)CCO1. The van der Waals surface area contributed by atoms with Crippen LogP contribution < -0.4 is 5.32 Å². The monoisotopic (exact) mass is 435 g/mol. The summed E-state index contributed by atoms with van der Waals surface area (Å²) in [6.45, 7) is 3.31. The lowest BCUT2D eigenvalue weighted by molar-refractivity contribution is -0.157.